The average Bonchev–Trinajstić information content (AvgIpc) is 3.08. The summed E-state index contributed by atoms with van der Waals surface area (Å²) >= 11 is 0. The van der Waals surface area contributed by atoms with Gasteiger partial charge in [0.15, 0.2) is 0 Å². The Morgan fingerprint density at radius 1 is 1.21 bits per heavy atom. The van der Waals surface area contributed by atoms with Gasteiger partial charge in [-0.25, -0.2) is 0 Å². The van der Waals surface area contributed by atoms with Gasteiger partial charge >= 0.3 is 0 Å². The molecule has 1 aliphatic heterocycles. The van der Waals surface area contributed by atoms with Crippen LogP contribution in [0.1, 0.15) is 30.0 Å². The van der Waals surface area contributed by atoms with E-state index >= 15 is 0 Å². The molecule has 0 radical (unpaired) electrons. The molecule has 0 saturated carbocycles. The van der Waals surface area contributed by atoms with Crippen LogP contribution < -0.4 is 4.74 Å². The Hall–Kier alpha value is -2.55. The summed E-state index contributed by atoms with van der Waals surface area (Å²) in [4.78, 5) is 14.5. The number of amides is 1. The highest BCUT2D eigenvalue weighted by atomic mass is 16.5. The minimum Gasteiger partial charge on any atom is -0.493 e. The number of ether oxygens (including phenoxy) is 1. The third kappa shape index (κ3) is 4.05. The van der Waals surface area contributed by atoms with E-state index in [1.807, 2.05) is 41.3 Å². The first-order valence-corrected chi connectivity index (χ1v) is 8.53. The molecule has 3 heteroatoms. The summed E-state index contributed by atoms with van der Waals surface area (Å²) in [5.41, 5.74) is 3.42. The number of nitrogens with zero attached hydrogens (tertiary/aromatic N) is 1. The predicted octanol–water partition coefficient (Wildman–Crippen LogP) is 4.07. The number of fused-ring (bicyclic) bond motifs is 1. The van der Waals surface area contributed by atoms with Crippen molar-refractivity contribution in [2.24, 2.45) is 0 Å². The van der Waals surface area contributed by atoms with Crippen molar-refractivity contribution in [3.05, 3.63) is 71.3 Å². The van der Waals surface area contributed by atoms with Crippen molar-refractivity contribution < 1.29 is 9.53 Å². The summed E-state index contributed by atoms with van der Waals surface area (Å²) in [5, 5.41) is 0. The molecule has 24 heavy (non-hydrogen) atoms. The zero-order valence-electron chi connectivity index (χ0n) is 14.1. The molecule has 0 bridgehead atoms. The topological polar surface area (TPSA) is 29.5 Å². The zero-order valence-corrected chi connectivity index (χ0v) is 14.1. The van der Waals surface area contributed by atoms with E-state index in [0.717, 1.165) is 42.9 Å². The van der Waals surface area contributed by atoms with Gasteiger partial charge in [-0.3, -0.25) is 4.79 Å². The van der Waals surface area contributed by atoms with E-state index in [0.29, 0.717) is 6.54 Å². The van der Waals surface area contributed by atoms with Crippen LogP contribution in [-0.4, -0.2) is 24.0 Å². The van der Waals surface area contributed by atoms with E-state index in [4.69, 9.17) is 4.74 Å². The highest BCUT2D eigenvalue weighted by Crippen LogP contribution is 2.26. The number of carbonyl (C=O) groups is 1. The van der Waals surface area contributed by atoms with Gasteiger partial charge in [-0.15, -0.1) is 0 Å². The molecule has 0 fully saturated rings. The van der Waals surface area contributed by atoms with Gasteiger partial charge in [-0.2, -0.15) is 0 Å². The summed E-state index contributed by atoms with van der Waals surface area (Å²) < 4.78 is 5.52. The predicted molar refractivity (Wildman–Crippen MR) is 96.8 cm³/mol. The van der Waals surface area contributed by atoms with Gasteiger partial charge in [0.2, 0.25) is 5.91 Å². The molecular weight excluding hydrogens is 298 g/mol. The van der Waals surface area contributed by atoms with Gasteiger partial charge in [-0.1, -0.05) is 43.3 Å². The summed E-state index contributed by atoms with van der Waals surface area (Å²) in [6.07, 6.45) is 5.47. The quantitative estimate of drug-likeness (QED) is 0.751. The van der Waals surface area contributed by atoms with Crippen molar-refractivity contribution >= 4 is 12.0 Å². The van der Waals surface area contributed by atoms with Gasteiger partial charge in [0, 0.05) is 25.6 Å². The highest BCUT2D eigenvalue weighted by Gasteiger charge is 2.12. The van der Waals surface area contributed by atoms with Crippen LogP contribution in [0.4, 0.5) is 0 Å². The molecule has 0 unspecified atom stereocenters. The highest BCUT2D eigenvalue weighted by molar-refractivity contribution is 5.91. The Kier molecular flexibility index (Phi) is 5.32. The summed E-state index contributed by atoms with van der Waals surface area (Å²) in [6, 6.07) is 16.2. The van der Waals surface area contributed by atoms with E-state index in [1.165, 1.54) is 5.56 Å². The van der Waals surface area contributed by atoms with Crippen molar-refractivity contribution in [2.75, 3.05) is 13.2 Å². The standard InChI is InChI=1S/C21H23NO2/c1-2-13-22(16-18-6-4-3-5-7-18)21(23)11-9-17-8-10-20-19(15-17)12-14-24-20/h3-11,15H,2,12-14,16H2,1H3/b11-9+. The van der Waals surface area contributed by atoms with Crippen molar-refractivity contribution in [2.45, 2.75) is 26.3 Å². The molecule has 0 N–H and O–H groups in total. The second kappa shape index (κ2) is 7.82. The molecule has 3 nitrogen and oxygen atoms in total. The average molecular weight is 321 g/mol. The fourth-order valence-electron chi connectivity index (χ4n) is 2.92. The zero-order chi connectivity index (χ0) is 16.8. The molecule has 0 spiro atoms. The number of hydrogen-bond donors (Lipinski definition) is 0. The van der Waals surface area contributed by atoms with Crippen molar-refractivity contribution in [3.8, 4) is 5.75 Å². The SMILES string of the molecule is CCCN(Cc1ccccc1)C(=O)/C=C/c1ccc2c(c1)CCO2. The number of carbonyl (C=O) groups excluding carboxylic acids is 1. The van der Waals surface area contributed by atoms with Crippen LogP contribution in [0.25, 0.3) is 6.08 Å². The molecule has 0 aromatic heterocycles. The molecule has 2 aromatic carbocycles. The maximum absolute atomic E-state index is 12.6. The minimum absolute atomic E-state index is 0.0532. The third-order valence-corrected chi connectivity index (χ3v) is 4.15. The second-order valence-electron chi connectivity index (χ2n) is 6.04. The Morgan fingerprint density at radius 3 is 2.83 bits per heavy atom. The fourth-order valence-corrected chi connectivity index (χ4v) is 2.92. The summed E-state index contributed by atoms with van der Waals surface area (Å²) in [5.74, 6) is 1.02. The lowest BCUT2D eigenvalue weighted by atomic mass is 10.1. The van der Waals surface area contributed by atoms with Crippen LogP contribution >= 0.6 is 0 Å². The molecular formula is C21H23NO2. The minimum atomic E-state index is 0.0532. The summed E-state index contributed by atoms with van der Waals surface area (Å²) in [7, 11) is 0. The Labute approximate surface area is 143 Å². The van der Waals surface area contributed by atoms with Gasteiger partial charge in [0.05, 0.1) is 6.61 Å². The summed E-state index contributed by atoms with van der Waals surface area (Å²) in [6.45, 7) is 4.25. The molecule has 0 atom stereocenters. The van der Waals surface area contributed by atoms with Crippen LogP contribution in [0.15, 0.2) is 54.6 Å². The van der Waals surface area contributed by atoms with E-state index in [9.17, 15) is 4.79 Å². The number of hydrogen-bond acceptors (Lipinski definition) is 2. The Balaban J connectivity index is 1.68. The van der Waals surface area contributed by atoms with Crippen molar-refractivity contribution in [1.29, 1.82) is 0 Å². The Morgan fingerprint density at radius 2 is 2.04 bits per heavy atom. The van der Waals surface area contributed by atoms with E-state index < -0.39 is 0 Å². The van der Waals surface area contributed by atoms with Crippen LogP contribution in [0, 0.1) is 0 Å². The second-order valence-corrected chi connectivity index (χ2v) is 6.04. The molecule has 124 valence electrons. The van der Waals surface area contributed by atoms with Gasteiger partial charge < -0.3 is 9.64 Å². The first-order chi connectivity index (χ1) is 11.8. The maximum atomic E-state index is 12.6. The molecule has 1 aliphatic rings. The Bertz CT molecular complexity index is 722. The first kappa shape index (κ1) is 16.3. The van der Waals surface area contributed by atoms with Crippen LogP contribution in [0.5, 0.6) is 5.75 Å². The van der Waals surface area contributed by atoms with E-state index in [-0.39, 0.29) is 5.91 Å². The van der Waals surface area contributed by atoms with Crippen LogP contribution in [0.3, 0.4) is 0 Å². The maximum Gasteiger partial charge on any atom is 0.246 e. The van der Waals surface area contributed by atoms with Crippen LogP contribution in [0.2, 0.25) is 0 Å². The number of rotatable bonds is 6. The van der Waals surface area contributed by atoms with Crippen molar-refractivity contribution in [3.63, 3.8) is 0 Å². The van der Waals surface area contributed by atoms with E-state index in [2.05, 4.69) is 25.1 Å². The lowest BCUT2D eigenvalue weighted by Crippen LogP contribution is -2.29. The fraction of sp³-hybridized carbons (Fsp3) is 0.286. The van der Waals surface area contributed by atoms with Gasteiger partial charge in [0.1, 0.15) is 5.75 Å². The number of benzene rings is 2. The smallest absolute Gasteiger partial charge is 0.246 e. The molecule has 1 amide bonds. The first-order valence-electron chi connectivity index (χ1n) is 8.53. The van der Waals surface area contributed by atoms with Gasteiger partial charge in [-0.05, 0) is 41.3 Å². The van der Waals surface area contributed by atoms with E-state index in [1.54, 1.807) is 6.08 Å². The molecule has 0 saturated heterocycles. The molecule has 0 aliphatic carbocycles. The normalized spacial score (nSPS) is 12.9. The van der Waals surface area contributed by atoms with Gasteiger partial charge in [0.25, 0.3) is 0 Å². The molecule has 2 aromatic rings. The molecule has 3 rings (SSSR count). The molecule has 1 heterocycles. The third-order valence-electron chi connectivity index (χ3n) is 4.15. The largest absolute Gasteiger partial charge is 0.493 e. The monoisotopic (exact) mass is 321 g/mol. The lowest BCUT2D eigenvalue weighted by Gasteiger charge is -2.20. The van der Waals surface area contributed by atoms with Crippen LogP contribution in [-0.2, 0) is 17.8 Å². The van der Waals surface area contributed by atoms with Crippen molar-refractivity contribution in [1.82, 2.24) is 4.90 Å². The lowest BCUT2D eigenvalue weighted by molar-refractivity contribution is -0.126.